The number of allylic oxidation sites excluding steroid dienone is 2. The summed E-state index contributed by atoms with van der Waals surface area (Å²) in [5, 5.41) is 20.0. The second-order valence-corrected chi connectivity index (χ2v) is 5.18. The van der Waals surface area contributed by atoms with Gasteiger partial charge in [-0.25, -0.2) is 0 Å². The number of hydrogen-bond donors (Lipinski definition) is 3. The van der Waals surface area contributed by atoms with Crippen LogP contribution in [0.15, 0.2) is 48.1 Å². The largest absolute Gasteiger partial charge is 0.491 e. The second-order valence-electron chi connectivity index (χ2n) is 5.18. The summed E-state index contributed by atoms with van der Waals surface area (Å²) in [5.41, 5.74) is 7.13. The molecule has 4 heteroatoms. The number of rotatable bonds is 7. The number of hydrogen-bond acceptors (Lipinski definition) is 4. The number of aliphatic hydroxyl groups excluding tert-OH is 2. The Morgan fingerprint density at radius 3 is 2.76 bits per heavy atom. The third-order valence-corrected chi connectivity index (χ3v) is 3.50. The Labute approximate surface area is 125 Å². The maximum absolute atomic E-state index is 10.1. The highest BCUT2D eigenvalue weighted by Gasteiger charge is 2.12. The quantitative estimate of drug-likeness (QED) is 0.718. The Hall–Kier alpha value is -1.62. The molecule has 4 N–H and O–H groups in total. The van der Waals surface area contributed by atoms with E-state index in [0.29, 0.717) is 18.7 Å². The molecule has 1 aliphatic carbocycles. The van der Waals surface area contributed by atoms with E-state index in [-0.39, 0.29) is 6.61 Å². The smallest absolute Gasteiger partial charge is 0.119 e. The van der Waals surface area contributed by atoms with E-state index in [1.54, 1.807) is 6.07 Å². The van der Waals surface area contributed by atoms with Gasteiger partial charge in [0, 0.05) is 0 Å². The van der Waals surface area contributed by atoms with Crippen LogP contribution in [0.1, 0.15) is 30.9 Å². The molecule has 0 aliphatic heterocycles. The highest BCUT2D eigenvalue weighted by atomic mass is 16.5. The molecule has 114 valence electrons. The first-order chi connectivity index (χ1) is 10.2. The maximum Gasteiger partial charge on any atom is 0.119 e. The summed E-state index contributed by atoms with van der Waals surface area (Å²) in [7, 11) is 0. The fourth-order valence-electron chi connectivity index (χ4n) is 2.29. The van der Waals surface area contributed by atoms with Crippen molar-refractivity contribution in [3.8, 4) is 5.75 Å². The first-order valence-corrected chi connectivity index (χ1v) is 7.36. The monoisotopic (exact) mass is 289 g/mol. The first kappa shape index (κ1) is 15.8. The van der Waals surface area contributed by atoms with Gasteiger partial charge in [0.15, 0.2) is 0 Å². The van der Waals surface area contributed by atoms with Crippen LogP contribution in [0.25, 0.3) is 0 Å². The first-order valence-electron chi connectivity index (χ1n) is 7.36. The van der Waals surface area contributed by atoms with Crippen LogP contribution in [0.2, 0.25) is 0 Å². The summed E-state index contributed by atoms with van der Waals surface area (Å²) < 4.78 is 5.62. The lowest BCUT2D eigenvalue weighted by Crippen LogP contribution is -2.20. The molecule has 0 radical (unpaired) electrons. The van der Waals surface area contributed by atoms with Crippen LogP contribution in [-0.4, -0.2) is 29.5 Å². The van der Waals surface area contributed by atoms with Crippen molar-refractivity contribution in [2.45, 2.75) is 31.5 Å². The number of nitrogens with two attached hydrogens (primary N) is 1. The van der Waals surface area contributed by atoms with Crippen LogP contribution in [-0.2, 0) is 0 Å². The van der Waals surface area contributed by atoms with Crippen LogP contribution >= 0.6 is 0 Å². The topological polar surface area (TPSA) is 75.7 Å². The van der Waals surface area contributed by atoms with Gasteiger partial charge >= 0.3 is 0 Å². The Kier molecular flexibility index (Phi) is 5.99. The van der Waals surface area contributed by atoms with E-state index in [1.165, 1.54) is 0 Å². The summed E-state index contributed by atoms with van der Waals surface area (Å²) in [6, 6.07) is 7.28. The van der Waals surface area contributed by atoms with Crippen LogP contribution in [0.4, 0.5) is 0 Å². The third kappa shape index (κ3) is 4.70. The standard InChI is InChI=1S/C17H23NO3/c18-10-9-16(19)14-7-4-8-15(11-14)21-12-17(20)13-5-2-1-3-6-13/h2,4-8,11,16-17,19-20H,1,3,9-10,12,18H2. The highest BCUT2D eigenvalue weighted by Crippen LogP contribution is 2.22. The predicted octanol–water partition coefficient (Wildman–Crippen LogP) is 2.08. The summed E-state index contributed by atoms with van der Waals surface area (Å²) in [6.45, 7) is 0.637. The molecule has 0 heterocycles. The van der Waals surface area contributed by atoms with Gasteiger partial charge in [-0.2, -0.15) is 0 Å². The number of ether oxygens (including phenoxy) is 1. The molecule has 0 saturated heterocycles. The van der Waals surface area contributed by atoms with Crippen molar-refractivity contribution in [2.24, 2.45) is 5.73 Å². The van der Waals surface area contributed by atoms with Gasteiger partial charge in [0.05, 0.1) is 6.10 Å². The molecule has 1 aromatic carbocycles. The summed E-state index contributed by atoms with van der Waals surface area (Å²) in [4.78, 5) is 0. The van der Waals surface area contributed by atoms with E-state index in [2.05, 4.69) is 6.08 Å². The molecule has 2 atom stereocenters. The van der Waals surface area contributed by atoms with Gasteiger partial charge < -0.3 is 20.7 Å². The molecule has 0 amide bonds. The van der Waals surface area contributed by atoms with Crippen molar-refractivity contribution in [1.82, 2.24) is 0 Å². The predicted molar refractivity (Wildman–Crippen MR) is 83.0 cm³/mol. The molecular formula is C17H23NO3. The lowest BCUT2D eigenvalue weighted by atomic mass is 10.0. The SMILES string of the molecule is NCCC(O)c1cccc(OCC(O)C2=CCCC=C2)c1. The van der Waals surface area contributed by atoms with Crippen molar-refractivity contribution in [3.05, 3.63) is 53.6 Å². The fraction of sp³-hybridized carbons (Fsp3) is 0.412. The molecule has 0 fully saturated rings. The van der Waals surface area contributed by atoms with Crippen molar-refractivity contribution in [3.63, 3.8) is 0 Å². The normalized spacial score (nSPS) is 17.2. The van der Waals surface area contributed by atoms with Gasteiger partial charge in [0.25, 0.3) is 0 Å². The zero-order valence-corrected chi connectivity index (χ0v) is 12.1. The van der Waals surface area contributed by atoms with Crippen molar-refractivity contribution in [1.29, 1.82) is 0 Å². The summed E-state index contributed by atoms with van der Waals surface area (Å²) in [6.07, 6.45) is 7.34. The van der Waals surface area contributed by atoms with Gasteiger partial charge in [0.1, 0.15) is 18.5 Å². The fourth-order valence-corrected chi connectivity index (χ4v) is 2.29. The zero-order valence-electron chi connectivity index (χ0n) is 12.1. The molecule has 0 aromatic heterocycles. The molecule has 2 rings (SSSR count). The Bertz CT molecular complexity index is 511. The summed E-state index contributed by atoms with van der Waals surface area (Å²) in [5.74, 6) is 0.642. The van der Waals surface area contributed by atoms with E-state index in [1.807, 2.05) is 30.4 Å². The average Bonchev–Trinajstić information content (AvgIpc) is 2.54. The Morgan fingerprint density at radius 1 is 1.19 bits per heavy atom. The minimum Gasteiger partial charge on any atom is -0.491 e. The minimum atomic E-state index is -0.626. The van der Waals surface area contributed by atoms with Crippen molar-refractivity contribution in [2.75, 3.05) is 13.2 Å². The average molecular weight is 289 g/mol. The number of aliphatic hydroxyl groups is 2. The van der Waals surface area contributed by atoms with Gasteiger partial charge in [-0.15, -0.1) is 0 Å². The van der Waals surface area contributed by atoms with Gasteiger partial charge in [-0.1, -0.05) is 30.4 Å². The van der Waals surface area contributed by atoms with Crippen LogP contribution in [0, 0.1) is 0 Å². The summed E-state index contributed by atoms with van der Waals surface area (Å²) >= 11 is 0. The lowest BCUT2D eigenvalue weighted by molar-refractivity contribution is 0.136. The van der Waals surface area contributed by atoms with Gasteiger partial charge in [0.2, 0.25) is 0 Å². The van der Waals surface area contributed by atoms with E-state index < -0.39 is 12.2 Å². The maximum atomic E-state index is 10.1. The van der Waals surface area contributed by atoms with E-state index >= 15 is 0 Å². The van der Waals surface area contributed by atoms with Gasteiger partial charge in [-0.3, -0.25) is 0 Å². The molecule has 1 aliphatic rings. The second kappa shape index (κ2) is 7.98. The van der Waals surface area contributed by atoms with E-state index in [0.717, 1.165) is 24.0 Å². The molecule has 21 heavy (non-hydrogen) atoms. The minimum absolute atomic E-state index is 0.201. The third-order valence-electron chi connectivity index (χ3n) is 3.50. The Balaban J connectivity index is 1.92. The molecular weight excluding hydrogens is 266 g/mol. The van der Waals surface area contributed by atoms with Crippen LogP contribution < -0.4 is 10.5 Å². The van der Waals surface area contributed by atoms with Crippen LogP contribution in [0.5, 0.6) is 5.75 Å². The van der Waals surface area contributed by atoms with Crippen LogP contribution in [0.3, 0.4) is 0 Å². The molecule has 2 unspecified atom stereocenters. The highest BCUT2D eigenvalue weighted by molar-refractivity contribution is 5.31. The molecule has 0 bridgehead atoms. The number of benzene rings is 1. The van der Waals surface area contributed by atoms with Crippen molar-refractivity contribution < 1.29 is 14.9 Å². The zero-order chi connectivity index (χ0) is 15.1. The van der Waals surface area contributed by atoms with E-state index in [4.69, 9.17) is 10.5 Å². The van der Waals surface area contributed by atoms with E-state index in [9.17, 15) is 10.2 Å². The Morgan fingerprint density at radius 2 is 2.05 bits per heavy atom. The van der Waals surface area contributed by atoms with Crippen molar-refractivity contribution >= 4 is 0 Å². The molecule has 4 nitrogen and oxygen atoms in total. The molecule has 1 aromatic rings. The molecule has 0 saturated carbocycles. The molecule has 0 spiro atoms. The lowest BCUT2D eigenvalue weighted by Gasteiger charge is -2.16. The van der Waals surface area contributed by atoms with Gasteiger partial charge in [-0.05, 0) is 49.1 Å².